The molecule has 0 heteroatoms. The molecule has 0 heterocycles. The fourth-order valence-electron chi connectivity index (χ4n) is 2.96. The molecule has 0 radical (unpaired) electrons. The van der Waals surface area contributed by atoms with E-state index >= 15 is 0 Å². The van der Waals surface area contributed by atoms with Crippen molar-refractivity contribution in [3.05, 3.63) is 120 Å². The quantitative estimate of drug-likeness (QED) is 0.372. The Morgan fingerprint density at radius 2 is 0.731 bits per heavy atom. The van der Waals surface area contributed by atoms with Crippen molar-refractivity contribution < 1.29 is 0 Å². The summed E-state index contributed by atoms with van der Waals surface area (Å²) in [4.78, 5) is 0. The minimum atomic E-state index is 1.02. The Hall–Kier alpha value is -3.56. The Morgan fingerprint density at radius 1 is 0.346 bits per heavy atom. The van der Waals surface area contributed by atoms with Crippen LogP contribution in [-0.2, 0) is 0 Å². The summed E-state index contributed by atoms with van der Waals surface area (Å²) in [6.07, 6.45) is 0. The highest BCUT2D eigenvalue weighted by atomic mass is 14.0. The third-order valence-corrected chi connectivity index (χ3v) is 4.29. The summed E-state index contributed by atoms with van der Waals surface area (Å²) in [6, 6.07) is 37.6. The molecule has 4 aromatic rings. The summed E-state index contributed by atoms with van der Waals surface area (Å²) in [6.45, 7) is 0. The van der Waals surface area contributed by atoms with Gasteiger partial charge in [-0.2, -0.15) is 0 Å². The lowest BCUT2D eigenvalue weighted by Crippen LogP contribution is -1.81. The van der Waals surface area contributed by atoms with E-state index in [2.05, 4.69) is 109 Å². The molecule has 0 aliphatic heterocycles. The molecule has 4 rings (SSSR count). The Bertz CT molecular complexity index is 978. The van der Waals surface area contributed by atoms with Crippen molar-refractivity contribution in [3.63, 3.8) is 0 Å². The largest absolute Gasteiger partial charge is 0.0622 e. The van der Waals surface area contributed by atoms with E-state index in [-0.39, 0.29) is 0 Å². The molecular weight excluding hydrogens is 312 g/mol. The number of rotatable bonds is 2. The highest BCUT2D eigenvalue weighted by molar-refractivity contribution is 5.67. The summed E-state index contributed by atoms with van der Waals surface area (Å²) in [5.41, 5.74) is 6.85. The second kappa shape index (κ2) is 7.55. The van der Waals surface area contributed by atoms with Crippen LogP contribution in [0.2, 0.25) is 0 Å². The Balaban J connectivity index is 1.63. The zero-order chi connectivity index (χ0) is 17.6. The maximum atomic E-state index is 3.30. The molecule has 0 aromatic heterocycles. The lowest BCUT2D eigenvalue weighted by atomic mass is 10.0. The normalized spacial score (nSPS) is 10.0. The average molecular weight is 330 g/mol. The van der Waals surface area contributed by atoms with Crippen LogP contribution >= 0.6 is 0 Å². The van der Waals surface area contributed by atoms with E-state index in [9.17, 15) is 0 Å². The highest BCUT2D eigenvalue weighted by Crippen LogP contribution is 2.21. The molecule has 122 valence electrons. The Labute approximate surface area is 154 Å². The third-order valence-electron chi connectivity index (χ3n) is 4.29. The fraction of sp³-hybridized carbons (Fsp3) is 0. The molecule has 0 amide bonds. The molecule has 0 aliphatic carbocycles. The van der Waals surface area contributed by atoms with Gasteiger partial charge in [-0.3, -0.25) is 0 Å². The Kier molecular flexibility index (Phi) is 4.63. The smallest absolute Gasteiger partial charge is 0.0255 e. The molecule has 0 spiro atoms. The van der Waals surface area contributed by atoms with E-state index < -0.39 is 0 Å². The first-order chi connectivity index (χ1) is 12.9. The lowest BCUT2D eigenvalue weighted by Gasteiger charge is -2.02. The van der Waals surface area contributed by atoms with Gasteiger partial charge in [0, 0.05) is 11.1 Å². The molecule has 0 unspecified atom stereocenters. The van der Waals surface area contributed by atoms with Crippen LogP contribution in [0, 0.1) is 11.8 Å². The fourth-order valence-corrected chi connectivity index (χ4v) is 2.96. The van der Waals surface area contributed by atoms with Crippen LogP contribution in [-0.4, -0.2) is 0 Å². The number of hydrogen-bond donors (Lipinski definition) is 0. The topological polar surface area (TPSA) is 0 Å². The molecule has 26 heavy (non-hydrogen) atoms. The van der Waals surface area contributed by atoms with E-state index in [0.717, 1.165) is 11.1 Å². The van der Waals surface area contributed by atoms with Gasteiger partial charge in [-0.25, -0.2) is 0 Å². The molecule has 0 N–H and O–H groups in total. The Morgan fingerprint density at radius 3 is 1.15 bits per heavy atom. The molecule has 0 aliphatic rings. The van der Waals surface area contributed by atoms with Gasteiger partial charge in [0.25, 0.3) is 0 Å². The van der Waals surface area contributed by atoms with E-state index in [1.54, 1.807) is 0 Å². The summed E-state index contributed by atoms with van der Waals surface area (Å²) >= 11 is 0. The van der Waals surface area contributed by atoms with Gasteiger partial charge >= 0.3 is 0 Å². The van der Waals surface area contributed by atoms with Crippen LogP contribution in [0.15, 0.2) is 109 Å². The SMILES string of the molecule is C(#Cc1cccc(-c2ccccc2)c1)c1cccc(-c2ccccc2)c1. The lowest BCUT2D eigenvalue weighted by molar-refractivity contribution is 1.58. The van der Waals surface area contributed by atoms with Crippen LogP contribution in [0.3, 0.4) is 0 Å². The second-order valence-electron chi connectivity index (χ2n) is 6.14. The maximum Gasteiger partial charge on any atom is 0.0255 e. The minimum absolute atomic E-state index is 1.02. The summed E-state index contributed by atoms with van der Waals surface area (Å²) < 4.78 is 0. The van der Waals surface area contributed by atoms with Gasteiger partial charge in [-0.05, 0) is 46.5 Å². The summed E-state index contributed by atoms with van der Waals surface area (Å²) in [5, 5.41) is 0. The van der Waals surface area contributed by atoms with Gasteiger partial charge in [-0.15, -0.1) is 0 Å². The van der Waals surface area contributed by atoms with Crippen molar-refractivity contribution in [2.24, 2.45) is 0 Å². The molecule has 4 aromatic carbocycles. The van der Waals surface area contributed by atoms with Gasteiger partial charge in [0.15, 0.2) is 0 Å². The van der Waals surface area contributed by atoms with Crippen molar-refractivity contribution in [3.8, 4) is 34.1 Å². The van der Waals surface area contributed by atoms with Crippen LogP contribution in [0.25, 0.3) is 22.3 Å². The van der Waals surface area contributed by atoms with E-state index in [1.807, 2.05) is 12.1 Å². The van der Waals surface area contributed by atoms with Gasteiger partial charge in [0.2, 0.25) is 0 Å². The second-order valence-corrected chi connectivity index (χ2v) is 6.14. The van der Waals surface area contributed by atoms with Crippen LogP contribution in [0.5, 0.6) is 0 Å². The van der Waals surface area contributed by atoms with Gasteiger partial charge in [-0.1, -0.05) is 96.8 Å². The van der Waals surface area contributed by atoms with E-state index in [4.69, 9.17) is 0 Å². The molecule has 0 saturated heterocycles. The molecule has 0 nitrogen and oxygen atoms in total. The van der Waals surface area contributed by atoms with Crippen molar-refractivity contribution in [2.45, 2.75) is 0 Å². The molecular formula is C26H18. The predicted octanol–water partition coefficient (Wildman–Crippen LogP) is 6.42. The zero-order valence-electron chi connectivity index (χ0n) is 14.4. The minimum Gasteiger partial charge on any atom is -0.0622 e. The van der Waals surface area contributed by atoms with E-state index in [1.165, 1.54) is 22.3 Å². The highest BCUT2D eigenvalue weighted by Gasteiger charge is 1.98. The van der Waals surface area contributed by atoms with Crippen molar-refractivity contribution in [2.75, 3.05) is 0 Å². The zero-order valence-corrected chi connectivity index (χ0v) is 14.4. The first kappa shape index (κ1) is 15.9. The summed E-state index contributed by atoms with van der Waals surface area (Å²) in [7, 11) is 0. The number of benzene rings is 4. The third kappa shape index (κ3) is 3.74. The van der Waals surface area contributed by atoms with Crippen molar-refractivity contribution >= 4 is 0 Å². The first-order valence-electron chi connectivity index (χ1n) is 8.71. The molecule has 0 saturated carbocycles. The van der Waals surface area contributed by atoms with Gasteiger partial charge < -0.3 is 0 Å². The number of hydrogen-bond acceptors (Lipinski definition) is 0. The van der Waals surface area contributed by atoms with Gasteiger partial charge in [0.1, 0.15) is 0 Å². The van der Waals surface area contributed by atoms with Crippen molar-refractivity contribution in [1.82, 2.24) is 0 Å². The van der Waals surface area contributed by atoms with Crippen LogP contribution in [0.1, 0.15) is 11.1 Å². The predicted molar refractivity (Wildman–Crippen MR) is 110 cm³/mol. The molecule has 0 fully saturated rings. The monoisotopic (exact) mass is 330 g/mol. The van der Waals surface area contributed by atoms with Crippen molar-refractivity contribution in [1.29, 1.82) is 0 Å². The van der Waals surface area contributed by atoms with Gasteiger partial charge in [0.05, 0.1) is 0 Å². The maximum absolute atomic E-state index is 3.30. The standard InChI is InChI=1S/C26H18/c1-3-11-23(12-4-1)25-15-7-9-21(19-25)17-18-22-10-8-16-26(20-22)24-13-5-2-6-14-24/h1-16,19-20H. The van der Waals surface area contributed by atoms with Crippen LogP contribution < -0.4 is 0 Å². The molecule has 0 bridgehead atoms. The first-order valence-corrected chi connectivity index (χ1v) is 8.71. The molecule has 0 atom stereocenters. The summed E-state index contributed by atoms with van der Waals surface area (Å²) in [5.74, 6) is 6.60. The van der Waals surface area contributed by atoms with E-state index in [0.29, 0.717) is 0 Å². The average Bonchev–Trinajstić information content (AvgIpc) is 2.74. The van der Waals surface area contributed by atoms with Crippen LogP contribution in [0.4, 0.5) is 0 Å².